The third-order valence-electron chi connectivity index (χ3n) is 5.86. The number of halogens is 3. The molecule has 206 valence electrons. The zero-order chi connectivity index (χ0) is 27.9. The number of hydrogen-bond acceptors (Lipinski definition) is 8. The molecule has 0 spiro atoms. The Balaban J connectivity index is 1.39. The highest BCUT2D eigenvalue weighted by atomic mass is 19.4. The Bertz CT molecular complexity index is 1280. The number of hydrogen-bond donors (Lipinski definition) is 2. The predicted octanol–water partition coefficient (Wildman–Crippen LogP) is 4.25. The van der Waals surface area contributed by atoms with Crippen LogP contribution in [-0.2, 0) is 22.3 Å². The minimum atomic E-state index is -4.64. The van der Waals surface area contributed by atoms with E-state index < -0.39 is 29.3 Å². The zero-order valence-electron chi connectivity index (χ0n) is 20.8. The average Bonchev–Trinajstić information content (AvgIpc) is 2.93. The molecule has 13 heteroatoms. The van der Waals surface area contributed by atoms with E-state index >= 15 is 0 Å². The van der Waals surface area contributed by atoms with E-state index in [0.29, 0.717) is 25.0 Å². The van der Waals surface area contributed by atoms with Crippen molar-refractivity contribution in [3.63, 3.8) is 0 Å². The average molecular weight is 547 g/mol. The largest absolute Gasteiger partial charge is 0.497 e. The first-order chi connectivity index (χ1) is 18.7. The van der Waals surface area contributed by atoms with E-state index in [1.54, 1.807) is 12.1 Å². The van der Waals surface area contributed by atoms with Gasteiger partial charge in [0.15, 0.2) is 5.75 Å². The van der Waals surface area contributed by atoms with Gasteiger partial charge in [-0.25, -0.2) is 14.8 Å². The molecule has 2 N–H and O–H groups in total. The molecule has 1 atom stereocenters. The summed E-state index contributed by atoms with van der Waals surface area (Å²) < 4.78 is 61.3. The van der Waals surface area contributed by atoms with Crippen molar-refractivity contribution in [1.82, 2.24) is 20.6 Å². The molecule has 1 unspecified atom stereocenters. The zero-order valence-corrected chi connectivity index (χ0v) is 20.8. The molecular weight excluding hydrogens is 521 g/mol. The summed E-state index contributed by atoms with van der Waals surface area (Å²) in [5, 5.41) is 5.38. The summed E-state index contributed by atoms with van der Waals surface area (Å²) in [5.41, 5.74) is -1.67. The lowest BCUT2D eigenvalue weighted by Crippen LogP contribution is -2.63. The fraction of sp³-hybridized carbons (Fsp3) is 0.308. The van der Waals surface area contributed by atoms with Gasteiger partial charge in [-0.05, 0) is 48.7 Å². The molecule has 3 aromatic rings. The minimum absolute atomic E-state index is 0.0462. The highest BCUT2D eigenvalue weighted by Crippen LogP contribution is 2.40. The maximum Gasteiger partial charge on any atom is 0.420 e. The second-order valence-corrected chi connectivity index (χ2v) is 8.62. The highest BCUT2D eigenvalue weighted by molar-refractivity contribution is 5.90. The maximum atomic E-state index is 13.5. The molecule has 1 aliphatic rings. The monoisotopic (exact) mass is 546 g/mol. The maximum absolute atomic E-state index is 13.5. The smallest absolute Gasteiger partial charge is 0.420 e. The number of rotatable bonds is 8. The molecule has 0 aliphatic carbocycles. The van der Waals surface area contributed by atoms with Crippen molar-refractivity contribution in [3.05, 3.63) is 72.3 Å². The topological polar surface area (TPSA) is 121 Å². The molecule has 0 saturated carbocycles. The van der Waals surface area contributed by atoms with E-state index in [1.165, 1.54) is 50.1 Å². The summed E-state index contributed by atoms with van der Waals surface area (Å²) in [5.74, 6) is -0.506. The van der Waals surface area contributed by atoms with Crippen LogP contribution in [0.4, 0.5) is 18.0 Å². The van der Waals surface area contributed by atoms with E-state index in [9.17, 15) is 22.8 Å². The molecule has 1 fully saturated rings. The number of nitrogens with zero attached hydrogens (tertiary/aromatic N) is 2. The third-order valence-corrected chi connectivity index (χ3v) is 5.86. The van der Waals surface area contributed by atoms with Crippen LogP contribution in [0.5, 0.6) is 23.0 Å². The Labute approximate surface area is 221 Å². The number of benzene rings is 2. The number of carbonyl (C=O) groups excluding carboxylic acids is 2. The van der Waals surface area contributed by atoms with Gasteiger partial charge < -0.3 is 29.6 Å². The van der Waals surface area contributed by atoms with Crippen LogP contribution in [0.1, 0.15) is 24.0 Å². The quantitative estimate of drug-likeness (QED) is 0.430. The van der Waals surface area contributed by atoms with Crippen molar-refractivity contribution in [2.24, 2.45) is 0 Å². The fourth-order valence-corrected chi connectivity index (χ4v) is 3.90. The summed E-state index contributed by atoms with van der Waals surface area (Å²) in [6, 6.07) is 9.61. The molecule has 1 aromatic heterocycles. The van der Waals surface area contributed by atoms with Gasteiger partial charge >= 0.3 is 12.3 Å². The van der Waals surface area contributed by atoms with Gasteiger partial charge in [-0.1, -0.05) is 12.1 Å². The lowest BCUT2D eigenvalue weighted by molar-refractivity contribution is -0.138. The Morgan fingerprint density at radius 2 is 1.77 bits per heavy atom. The first kappa shape index (κ1) is 27.6. The first-order valence-corrected chi connectivity index (χ1v) is 11.8. The Morgan fingerprint density at radius 3 is 2.41 bits per heavy atom. The van der Waals surface area contributed by atoms with Crippen LogP contribution in [-0.4, -0.2) is 47.8 Å². The molecule has 2 aromatic carbocycles. The lowest BCUT2D eigenvalue weighted by atomic mass is 9.91. The molecule has 4 rings (SSSR count). The van der Waals surface area contributed by atoms with Crippen LogP contribution in [0.2, 0.25) is 0 Å². The standard InChI is InChI=1S/C26H25F3N4O6/c1-36-19-7-8-22(21(11-19)26(27,28)29)38-18-5-3-17(4-6-18)12-32-23(34)25(9-2-10-37-15-25)33-24(35)39-20-13-30-16-31-14-20/h3-8,11,13-14,16H,2,9-10,12,15H2,1H3,(H,32,34)(H,33,35). The fourth-order valence-electron chi connectivity index (χ4n) is 3.90. The van der Waals surface area contributed by atoms with Crippen LogP contribution < -0.4 is 24.8 Å². The van der Waals surface area contributed by atoms with Gasteiger partial charge in [0.1, 0.15) is 34.7 Å². The summed E-state index contributed by atoms with van der Waals surface area (Å²) in [6.07, 6.45) is -0.724. The minimum Gasteiger partial charge on any atom is -0.497 e. The summed E-state index contributed by atoms with van der Waals surface area (Å²) >= 11 is 0. The van der Waals surface area contributed by atoms with Crippen LogP contribution >= 0.6 is 0 Å². The molecule has 1 saturated heterocycles. The lowest BCUT2D eigenvalue weighted by Gasteiger charge is -2.35. The molecule has 10 nitrogen and oxygen atoms in total. The number of methoxy groups -OCH3 is 1. The van der Waals surface area contributed by atoms with Crippen molar-refractivity contribution in [1.29, 1.82) is 0 Å². The summed E-state index contributed by atoms with van der Waals surface area (Å²) in [7, 11) is 1.28. The second kappa shape index (κ2) is 12.0. The molecular formula is C26H25F3N4O6. The van der Waals surface area contributed by atoms with Crippen LogP contribution in [0.15, 0.2) is 61.2 Å². The molecule has 1 aliphatic heterocycles. The normalized spacial score (nSPS) is 17.1. The Kier molecular flexibility index (Phi) is 8.49. The number of amides is 2. The number of aromatic nitrogens is 2. The van der Waals surface area contributed by atoms with E-state index in [1.807, 2.05) is 0 Å². The van der Waals surface area contributed by atoms with Crippen LogP contribution in [0.3, 0.4) is 0 Å². The molecule has 0 radical (unpaired) electrons. The number of ether oxygens (including phenoxy) is 4. The van der Waals surface area contributed by atoms with E-state index in [-0.39, 0.29) is 36.1 Å². The Hall–Kier alpha value is -4.39. The van der Waals surface area contributed by atoms with Crippen molar-refractivity contribution in [3.8, 4) is 23.0 Å². The van der Waals surface area contributed by atoms with E-state index in [4.69, 9.17) is 18.9 Å². The van der Waals surface area contributed by atoms with Crippen molar-refractivity contribution in [2.45, 2.75) is 31.1 Å². The predicted molar refractivity (Wildman–Crippen MR) is 130 cm³/mol. The number of carbonyl (C=O) groups is 2. The van der Waals surface area contributed by atoms with Gasteiger partial charge in [0, 0.05) is 13.2 Å². The molecule has 39 heavy (non-hydrogen) atoms. The number of nitrogens with one attached hydrogen (secondary N) is 2. The van der Waals surface area contributed by atoms with Crippen molar-refractivity contribution >= 4 is 12.0 Å². The van der Waals surface area contributed by atoms with Gasteiger partial charge in [-0.2, -0.15) is 13.2 Å². The molecule has 2 amide bonds. The van der Waals surface area contributed by atoms with Crippen molar-refractivity contribution in [2.75, 3.05) is 20.3 Å². The molecule has 0 bridgehead atoms. The second-order valence-electron chi connectivity index (χ2n) is 8.62. The van der Waals surface area contributed by atoms with Crippen molar-refractivity contribution < 1.29 is 41.7 Å². The van der Waals surface area contributed by atoms with Crippen LogP contribution in [0, 0.1) is 0 Å². The van der Waals surface area contributed by atoms with Gasteiger partial charge in [-0.15, -0.1) is 0 Å². The van der Waals surface area contributed by atoms with Gasteiger partial charge in [0.05, 0.1) is 26.1 Å². The number of alkyl halides is 3. The third kappa shape index (κ3) is 7.13. The summed E-state index contributed by atoms with van der Waals surface area (Å²) in [4.78, 5) is 33.1. The van der Waals surface area contributed by atoms with E-state index in [2.05, 4.69) is 20.6 Å². The summed E-state index contributed by atoms with van der Waals surface area (Å²) in [6.45, 7) is 0.486. The first-order valence-electron chi connectivity index (χ1n) is 11.8. The van der Waals surface area contributed by atoms with Gasteiger partial charge in [-0.3, -0.25) is 4.79 Å². The van der Waals surface area contributed by atoms with Gasteiger partial charge in [0.25, 0.3) is 0 Å². The van der Waals surface area contributed by atoms with Gasteiger partial charge in [0.2, 0.25) is 5.91 Å². The highest BCUT2D eigenvalue weighted by Gasteiger charge is 2.42. The molecule has 2 heterocycles. The van der Waals surface area contributed by atoms with Crippen LogP contribution in [0.25, 0.3) is 0 Å². The van der Waals surface area contributed by atoms with E-state index in [0.717, 1.165) is 6.07 Å². The Morgan fingerprint density at radius 1 is 1.05 bits per heavy atom. The SMILES string of the molecule is COc1ccc(Oc2ccc(CNC(=O)C3(NC(=O)Oc4cncnc4)CCCOC3)cc2)c(C(F)(F)F)c1.